The Bertz CT molecular complexity index is 1000. The van der Waals surface area contributed by atoms with E-state index in [0.29, 0.717) is 12.2 Å². The molecule has 2 aromatic rings. The van der Waals surface area contributed by atoms with Crippen LogP contribution in [-0.4, -0.2) is 48.3 Å². The van der Waals surface area contributed by atoms with Crippen molar-refractivity contribution in [2.24, 2.45) is 0 Å². The van der Waals surface area contributed by atoms with Crippen molar-refractivity contribution in [1.82, 2.24) is 10.2 Å². The first-order valence-electron chi connectivity index (χ1n) is 10.5. The molecule has 1 aliphatic heterocycles. The molecule has 1 aliphatic carbocycles. The Morgan fingerprint density at radius 3 is 2.65 bits per heavy atom. The summed E-state index contributed by atoms with van der Waals surface area (Å²) in [5.74, 6) is 1.11. The van der Waals surface area contributed by atoms with Gasteiger partial charge in [0, 0.05) is 0 Å². The zero-order chi connectivity index (χ0) is 22.2. The lowest BCUT2D eigenvalue weighted by molar-refractivity contribution is -0.133. The molecule has 0 unspecified atom stereocenters. The molecule has 0 bridgehead atoms. The summed E-state index contributed by atoms with van der Waals surface area (Å²) in [6.45, 7) is 3.74. The number of carbonyl (C=O) groups is 2. The predicted octanol–water partition coefficient (Wildman–Crippen LogP) is 2.84. The standard InChI is InChI=1S/C24H28N2O5/c1-15-6-4-7-16(2)21(15)31-14-18(27)13-26-22(28)24(25-23(26)29)11-5-8-17-12-19(30-3)9-10-20(17)24/h4,6-7,9-10,12,18,27H,5,8,11,13-14H2,1-3H3,(H,25,29)/t18-,24-/m1/s1. The van der Waals surface area contributed by atoms with Gasteiger partial charge in [-0.3, -0.25) is 9.69 Å². The van der Waals surface area contributed by atoms with Crippen LogP contribution < -0.4 is 14.8 Å². The summed E-state index contributed by atoms with van der Waals surface area (Å²) in [4.78, 5) is 27.2. The van der Waals surface area contributed by atoms with Crippen molar-refractivity contribution in [2.45, 2.75) is 44.8 Å². The summed E-state index contributed by atoms with van der Waals surface area (Å²) in [5.41, 5.74) is 2.66. The summed E-state index contributed by atoms with van der Waals surface area (Å²) >= 11 is 0. The highest BCUT2D eigenvalue weighted by Gasteiger charge is 2.54. The molecule has 1 saturated heterocycles. The van der Waals surface area contributed by atoms with Crippen LogP contribution in [0, 0.1) is 13.8 Å². The molecule has 0 saturated carbocycles. The number of methoxy groups -OCH3 is 1. The third-order valence-corrected chi connectivity index (χ3v) is 6.17. The van der Waals surface area contributed by atoms with Crippen molar-refractivity contribution in [3.05, 3.63) is 58.7 Å². The molecule has 31 heavy (non-hydrogen) atoms. The minimum absolute atomic E-state index is 0.0104. The van der Waals surface area contributed by atoms with Gasteiger partial charge in [0.05, 0.1) is 13.7 Å². The van der Waals surface area contributed by atoms with Gasteiger partial charge in [-0.2, -0.15) is 0 Å². The number of aryl methyl sites for hydroxylation is 3. The van der Waals surface area contributed by atoms with Gasteiger partial charge < -0.3 is 19.9 Å². The number of benzene rings is 2. The Hall–Kier alpha value is -3.06. The van der Waals surface area contributed by atoms with Crippen LogP contribution in [-0.2, 0) is 16.8 Å². The number of carbonyl (C=O) groups excluding carboxylic acids is 2. The molecular weight excluding hydrogens is 396 g/mol. The molecule has 2 aliphatic rings. The highest BCUT2D eigenvalue weighted by Crippen LogP contribution is 2.41. The lowest BCUT2D eigenvalue weighted by Gasteiger charge is -2.33. The summed E-state index contributed by atoms with van der Waals surface area (Å²) in [6.07, 6.45) is 1.13. The van der Waals surface area contributed by atoms with Gasteiger partial charge in [0.2, 0.25) is 0 Å². The maximum atomic E-state index is 13.4. The average Bonchev–Trinajstić information content (AvgIpc) is 2.98. The van der Waals surface area contributed by atoms with E-state index in [2.05, 4.69) is 5.32 Å². The van der Waals surface area contributed by atoms with Gasteiger partial charge in [0.25, 0.3) is 5.91 Å². The quantitative estimate of drug-likeness (QED) is 0.697. The van der Waals surface area contributed by atoms with Crippen molar-refractivity contribution >= 4 is 11.9 Å². The first-order chi connectivity index (χ1) is 14.9. The predicted molar refractivity (Wildman–Crippen MR) is 115 cm³/mol. The number of imide groups is 1. The Morgan fingerprint density at radius 2 is 1.94 bits per heavy atom. The molecule has 2 aromatic carbocycles. The number of ether oxygens (including phenoxy) is 2. The first kappa shape index (κ1) is 21.2. The van der Waals surface area contributed by atoms with Gasteiger partial charge in [0.1, 0.15) is 29.7 Å². The lowest BCUT2D eigenvalue weighted by atomic mass is 9.76. The van der Waals surface area contributed by atoms with Gasteiger partial charge in [-0.05, 0) is 67.5 Å². The van der Waals surface area contributed by atoms with Crippen molar-refractivity contribution in [3.8, 4) is 11.5 Å². The molecule has 3 amide bonds. The number of hydrogen-bond donors (Lipinski definition) is 2. The van der Waals surface area contributed by atoms with Crippen LogP contribution in [0.2, 0.25) is 0 Å². The Labute approximate surface area is 182 Å². The Kier molecular flexibility index (Phi) is 5.62. The van der Waals surface area contributed by atoms with Crippen LogP contribution in [0.15, 0.2) is 36.4 Å². The van der Waals surface area contributed by atoms with E-state index in [9.17, 15) is 14.7 Å². The molecule has 1 spiro atoms. The number of amides is 3. The fourth-order valence-corrected chi connectivity index (χ4v) is 4.61. The highest BCUT2D eigenvalue weighted by molar-refractivity contribution is 6.07. The summed E-state index contributed by atoms with van der Waals surface area (Å²) in [6, 6.07) is 10.9. The molecule has 164 valence electrons. The second-order valence-electron chi connectivity index (χ2n) is 8.31. The SMILES string of the molecule is COc1ccc2c(c1)CCC[C@@]21NC(=O)N(C[C@@H](O)COc2c(C)cccc2C)C1=O. The number of nitrogens with one attached hydrogen (secondary N) is 1. The molecule has 2 N–H and O–H groups in total. The maximum absolute atomic E-state index is 13.4. The Balaban J connectivity index is 1.49. The monoisotopic (exact) mass is 424 g/mol. The number of nitrogens with zero attached hydrogens (tertiary/aromatic N) is 1. The molecule has 1 heterocycles. The van der Waals surface area contributed by atoms with Crippen molar-refractivity contribution in [1.29, 1.82) is 0 Å². The lowest BCUT2D eigenvalue weighted by Crippen LogP contribution is -2.47. The van der Waals surface area contributed by atoms with Gasteiger partial charge in [-0.25, -0.2) is 4.79 Å². The second kappa shape index (κ2) is 8.23. The number of rotatable bonds is 6. The van der Waals surface area contributed by atoms with Crippen LogP contribution in [0.5, 0.6) is 11.5 Å². The van der Waals surface area contributed by atoms with Crippen molar-refractivity contribution in [2.75, 3.05) is 20.3 Å². The van der Waals surface area contributed by atoms with E-state index >= 15 is 0 Å². The van der Waals surface area contributed by atoms with Crippen LogP contribution in [0.1, 0.15) is 35.1 Å². The number of aliphatic hydroxyl groups excluding tert-OH is 1. The van der Waals surface area contributed by atoms with E-state index in [4.69, 9.17) is 9.47 Å². The molecule has 7 nitrogen and oxygen atoms in total. The first-order valence-corrected chi connectivity index (χ1v) is 10.5. The van der Waals surface area contributed by atoms with Crippen LogP contribution in [0.4, 0.5) is 4.79 Å². The van der Waals surface area contributed by atoms with E-state index in [0.717, 1.165) is 45.7 Å². The summed E-state index contributed by atoms with van der Waals surface area (Å²) in [7, 11) is 1.60. The molecule has 0 aromatic heterocycles. The topological polar surface area (TPSA) is 88.1 Å². The largest absolute Gasteiger partial charge is 0.497 e. The second-order valence-corrected chi connectivity index (χ2v) is 8.31. The van der Waals surface area contributed by atoms with Crippen molar-refractivity contribution in [3.63, 3.8) is 0 Å². The number of β-amino-alcohol motifs (C(OH)–C–C–N with tert-alkyl or cyclic N) is 1. The fourth-order valence-electron chi connectivity index (χ4n) is 4.61. The Morgan fingerprint density at radius 1 is 1.19 bits per heavy atom. The smallest absolute Gasteiger partial charge is 0.325 e. The van der Waals surface area contributed by atoms with Gasteiger partial charge in [-0.1, -0.05) is 24.3 Å². The molecule has 0 radical (unpaired) electrons. The average molecular weight is 424 g/mol. The number of urea groups is 1. The summed E-state index contributed by atoms with van der Waals surface area (Å²) in [5, 5.41) is 13.4. The van der Waals surface area contributed by atoms with Crippen LogP contribution >= 0.6 is 0 Å². The van der Waals surface area contributed by atoms with Gasteiger partial charge >= 0.3 is 6.03 Å². The molecule has 4 rings (SSSR count). The van der Waals surface area contributed by atoms with E-state index in [-0.39, 0.29) is 19.1 Å². The number of aliphatic hydroxyl groups is 1. The number of fused-ring (bicyclic) bond motifs is 2. The van der Waals surface area contributed by atoms with E-state index < -0.39 is 17.7 Å². The van der Waals surface area contributed by atoms with Gasteiger partial charge in [-0.15, -0.1) is 0 Å². The van der Waals surface area contributed by atoms with E-state index in [1.807, 2.05) is 44.2 Å². The zero-order valence-corrected chi connectivity index (χ0v) is 18.1. The number of para-hydroxylation sites is 1. The van der Waals surface area contributed by atoms with E-state index in [1.165, 1.54) is 0 Å². The molecule has 1 fully saturated rings. The third kappa shape index (κ3) is 3.74. The van der Waals surface area contributed by atoms with Gasteiger partial charge in [0.15, 0.2) is 0 Å². The fraction of sp³-hybridized carbons (Fsp3) is 0.417. The highest BCUT2D eigenvalue weighted by atomic mass is 16.5. The number of hydrogen-bond acceptors (Lipinski definition) is 5. The van der Waals surface area contributed by atoms with Crippen LogP contribution in [0.3, 0.4) is 0 Å². The molecular formula is C24H28N2O5. The van der Waals surface area contributed by atoms with Crippen LogP contribution in [0.25, 0.3) is 0 Å². The zero-order valence-electron chi connectivity index (χ0n) is 18.1. The summed E-state index contributed by atoms with van der Waals surface area (Å²) < 4.78 is 11.1. The minimum atomic E-state index is -1.08. The third-order valence-electron chi connectivity index (χ3n) is 6.17. The minimum Gasteiger partial charge on any atom is -0.497 e. The maximum Gasteiger partial charge on any atom is 0.325 e. The molecule has 2 atom stereocenters. The van der Waals surface area contributed by atoms with E-state index in [1.54, 1.807) is 13.2 Å². The normalized spacial score (nSPS) is 21.1. The van der Waals surface area contributed by atoms with Crippen molar-refractivity contribution < 1.29 is 24.2 Å². The molecule has 7 heteroatoms.